The molecule has 1 amide bonds. The molecule has 3 nitrogen and oxygen atoms in total. The summed E-state index contributed by atoms with van der Waals surface area (Å²) in [5.74, 6) is 0.293. The van der Waals surface area contributed by atoms with Crippen LogP contribution in [-0.2, 0) is 4.79 Å². The monoisotopic (exact) mass is 295 g/mol. The summed E-state index contributed by atoms with van der Waals surface area (Å²) < 4.78 is 0. The van der Waals surface area contributed by atoms with Crippen molar-refractivity contribution in [2.75, 3.05) is 5.32 Å². The second kappa shape index (κ2) is 6.94. The van der Waals surface area contributed by atoms with Gasteiger partial charge in [0.25, 0.3) is 0 Å². The van der Waals surface area contributed by atoms with E-state index in [2.05, 4.69) is 31.3 Å². The molecule has 3 heteroatoms. The number of benzene rings is 2. The van der Waals surface area contributed by atoms with Crippen LogP contribution in [0.4, 0.5) is 5.69 Å². The van der Waals surface area contributed by atoms with Crippen LogP contribution in [0.25, 0.3) is 6.08 Å². The lowest BCUT2D eigenvalue weighted by Crippen LogP contribution is -2.07. The summed E-state index contributed by atoms with van der Waals surface area (Å²) in [6.45, 7) is 6.17. The number of phenolic OH excluding ortho intramolecular Hbond substituents is 1. The van der Waals surface area contributed by atoms with Gasteiger partial charge < -0.3 is 10.4 Å². The number of hydrogen-bond donors (Lipinski definition) is 2. The third-order valence-electron chi connectivity index (χ3n) is 3.44. The van der Waals surface area contributed by atoms with Crippen LogP contribution in [0.5, 0.6) is 5.75 Å². The van der Waals surface area contributed by atoms with Crippen LogP contribution in [-0.4, -0.2) is 11.0 Å². The Morgan fingerprint density at radius 1 is 1.14 bits per heavy atom. The van der Waals surface area contributed by atoms with Gasteiger partial charge in [-0.15, -0.1) is 0 Å². The topological polar surface area (TPSA) is 49.3 Å². The quantitative estimate of drug-likeness (QED) is 0.645. The second-order valence-electron chi connectivity index (χ2n) is 5.66. The minimum atomic E-state index is -0.271. The van der Waals surface area contributed by atoms with E-state index in [0.717, 1.165) is 11.1 Å². The maximum absolute atomic E-state index is 11.9. The van der Waals surface area contributed by atoms with Crippen molar-refractivity contribution in [1.29, 1.82) is 0 Å². The minimum absolute atomic E-state index is 0.0723. The lowest BCUT2D eigenvalue weighted by molar-refractivity contribution is -0.111. The third-order valence-corrected chi connectivity index (χ3v) is 3.44. The number of aryl methyl sites for hydroxylation is 1. The molecule has 0 bridgehead atoms. The van der Waals surface area contributed by atoms with Crippen molar-refractivity contribution < 1.29 is 9.90 Å². The average molecular weight is 295 g/mol. The van der Waals surface area contributed by atoms with Gasteiger partial charge in [-0.1, -0.05) is 44.2 Å². The fraction of sp³-hybridized carbons (Fsp3) is 0.211. The molecule has 2 aromatic carbocycles. The average Bonchev–Trinajstić information content (AvgIpc) is 2.48. The maximum atomic E-state index is 11.9. The van der Waals surface area contributed by atoms with Gasteiger partial charge in [0.1, 0.15) is 5.75 Å². The molecule has 0 radical (unpaired) electrons. The lowest BCUT2D eigenvalue weighted by atomic mass is 10.0. The first kappa shape index (κ1) is 15.8. The number of rotatable bonds is 4. The van der Waals surface area contributed by atoms with Crippen LogP contribution >= 0.6 is 0 Å². The number of amides is 1. The van der Waals surface area contributed by atoms with Crippen LogP contribution in [0.1, 0.15) is 36.5 Å². The van der Waals surface area contributed by atoms with E-state index in [1.165, 1.54) is 11.6 Å². The summed E-state index contributed by atoms with van der Waals surface area (Å²) in [5, 5.41) is 12.4. The Morgan fingerprint density at radius 3 is 2.41 bits per heavy atom. The molecule has 114 valence electrons. The van der Waals surface area contributed by atoms with Gasteiger partial charge in [0.2, 0.25) is 5.91 Å². The van der Waals surface area contributed by atoms with Crippen molar-refractivity contribution in [3.8, 4) is 5.75 Å². The summed E-state index contributed by atoms with van der Waals surface area (Å²) in [7, 11) is 0. The maximum Gasteiger partial charge on any atom is 0.248 e. The van der Waals surface area contributed by atoms with Crippen molar-refractivity contribution >= 4 is 17.7 Å². The molecule has 2 N–H and O–H groups in total. The molecule has 0 saturated heterocycles. The highest BCUT2D eigenvalue weighted by atomic mass is 16.3. The summed E-state index contributed by atoms with van der Waals surface area (Å²) in [5.41, 5.74) is 3.59. The molecule has 2 rings (SSSR count). The predicted octanol–water partition coefficient (Wildman–Crippen LogP) is 4.48. The molecule has 0 fully saturated rings. The van der Waals surface area contributed by atoms with E-state index in [9.17, 15) is 9.90 Å². The zero-order valence-electron chi connectivity index (χ0n) is 13.1. The Balaban J connectivity index is 2.01. The Bertz CT molecular complexity index is 685. The van der Waals surface area contributed by atoms with Crippen LogP contribution in [0.15, 0.2) is 48.5 Å². The molecule has 0 spiro atoms. The van der Waals surface area contributed by atoms with Crippen molar-refractivity contribution in [3.63, 3.8) is 0 Å². The van der Waals surface area contributed by atoms with Gasteiger partial charge >= 0.3 is 0 Å². The number of carbonyl (C=O) groups is 1. The zero-order valence-corrected chi connectivity index (χ0v) is 13.1. The first-order valence-corrected chi connectivity index (χ1v) is 7.34. The molecule has 0 aliphatic carbocycles. The molecule has 0 saturated carbocycles. The Morgan fingerprint density at radius 2 is 1.82 bits per heavy atom. The van der Waals surface area contributed by atoms with Crippen molar-refractivity contribution in [1.82, 2.24) is 0 Å². The molecule has 0 atom stereocenters. The Hall–Kier alpha value is -2.55. The standard InChI is InChI=1S/C19H21NO2/c1-13(2)16-8-5-15(6-9-16)7-11-19(22)20-17-10-4-14(3)12-18(17)21/h4-13,21H,1-3H3,(H,20,22)/b11-7+. The van der Waals surface area contributed by atoms with Gasteiger partial charge in [-0.2, -0.15) is 0 Å². The molecule has 22 heavy (non-hydrogen) atoms. The summed E-state index contributed by atoms with van der Waals surface area (Å²) in [6.07, 6.45) is 3.22. The third kappa shape index (κ3) is 4.22. The van der Waals surface area contributed by atoms with E-state index in [-0.39, 0.29) is 11.7 Å². The second-order valence-corrected chi connectivity index (χ2v) is 5.66. The molecular formula is C19H21NO2. The normalized spacial score (nSPS) is 11.1. The first-order chi connectivity index (χ1) is 10.5. The zero-order chi connectivity index (χ0) is 16.1. The Kier molecular flexibility index (Phi) is 4.99. The number of carbonyl (C=O) groups excluding carboxylic acids is 1. The van der Waals surface area contributed by atoms with Gasteiger partial charge in [-0.25, -0.2) is 0 Å². The van der Waals surface area contributed by atoms with Gasteiger partial charge in [-0.05, 0) is 47.7 Å². The van der Waals surface area contributed by atoms with E-state index in [4.69, 9.17) is 0 Å². The molecule has 2 aromatic rings. The van der Waals surface area contributed by atoms with Crippen LogP contribution in [0.2, 0.25) is 0 Å². The highest BCUT2D eigenvalue weighted by Gasteiger charge is 2.04. The van der Waals surface area contributed by atoms with Crippen LogP contribution in [0.3, 0.4) is 0 Å². The van der Waals surface area contributed by atoms with Gasteiger partial charge in [0, 0.05) is 6.08 Å². The molecule has 0 unspecified atom stereocenters. The van der Waals surface area contributed by atoms with Gasteiger partial charge in [0.05, 0.1) is 5.69 Å². The summed E-state index contributed by atoms with van der Waals surface area (Å²) >= 11 is 0. The van der Waals surface area contributed by atoms with Gasteiger partial charge in [-0.3, -0.25) is 4.79 Å². The molecule has 0 heterocycles. The van der Waals surface area contributed by atoms with E-state index < -0.39 is 0 Å². The van der Waals surface area contributed by atoms with Crippen LogP contribution in [0, 0.1) is 6.92 Å². The van der Waals surface area contributed by atoms with Crippen molar-refractivity contribution in [3.05, 3.63) is 65.2 Å². The summed E-state index contributed by atoms with van der Waals surface area (Å²) in [6, 6.07) is 13.2. The Labute approximate surface area is 131 Å². The highest BCUT2D eigenvalue weighted by molar-refractivity contribution is 6.02. The molecule has 0 aliphatic rings. The van der Waals surface area contributed by atoms with Gasteiger partial charge in [0.15, 0.2) is 0 Å². The minimum Gasteiger partial charge on any atom is -0.506 e. The number of nitrogens with one attached hydrogen (secondary N) is 1. The fourth-order valence-corrected chi connectivity index (χ4v) is 2.09. The number of hydrogen-bond acceptors (Lipinski definition) is 2. The van der Waals surface area contributed by atoms with Crippen molar-refractivity contribution in [2.45, 2.75) is 26.7 Å². The largest absolute Gasteiger partial charge is 0.506 e. The number of phenols is 1. The molecule has 0 aromatic heterocycles. The van der Waals surface area contributed by atoms with E-state index in [1.807, 2.05) is 25.1 Å². The van der Waals surface area contributed by atoms with Crippen LogP contribution < -0.4 is 5.32 Å². The smallest absolute Gasteiger partial charge is 0.248 e. The molecule has 0 aliphatic heterocycles. The highest BCUT2D eigenvalue weighted by Crippen LogP contribution is 2.23. The van der Waals surface area contributed by atoms with E-state index in [0.29, 0.717) is 11.6 Å². The van der Waals surface area contributed by atoms with Crippen molar-refractivity contribution in [2.24, 2.45) is 0 Å². The van der Waals surface area contributed by atoms with E-state index >= 15 is 0 Å². The fourth-order valence-electron chi connectivity index (χ4n) is 2.09. The SMILES string of the molecule is Cc1ccc(NC(=O)/C=C/c2ccc(C(C)C)cc2)c(O)c1. The van der Waals surface area contributed by atoms with E-state index in [1.54, 1.807) is 18.2 Å². The summed E-state index contributed by atoms with van der Waals surface area (Å²) in [4.78, 5) is 11.9. The lowest BCUT2D eigenvalue weighted by Gasteiger charge is -2.06. The predicted molar refractivity (Wildman–Crippen MR) is 91.0 cm³/mol. The first-order valence-electron chi connectivity index (χ1n) is 7.34. The number of aromatic hydroxyl groups is 1. The molecular weight excluding hydrogens is 274 g/mol. The number of anilines is 1.